The molecule has 224 valence electrons. The molecular formula is C27H42N4O7SSe. The molecule has 3 amide bonds. The van der Waals surface area contributed by atoms with Crippen molar-refractivity contribution in [2.75, 3.05) is 25.7 Å². The van der Waals surface area contributed by atoms with Gasteiger partial charge in [-0.25, -0.2) is 0 Å². The zero-order chi connectivity index (χ0) is 30.3. The van der Waals surface area contributed by atoms with Gasteiger partial charge in [0, 0.05) is 0 Å². The predicted octanol–water partition coefficient (Wildman–Crippen LogP) is 1.41. The SMILES string of the molecule is COC(=O)[C@H](CCSC)N[Se]C(=O)CNC(=O)[C@@H](NC(=O)[C@H](Cc1ccccc1)NC(=O)OC(C)(C)C)C(C)C. The van der Waals surface area contributed by atoms with Crippen molar-refractivity contribution in [1.29, 1.82) is 0 Å². The number of amides is 3. The molecule has 3 atom stereocenters. The topological polar surface area (TPSA) is 152 Å². The van der Waals surface area contributed by atoms with Crippen LogP contribution in [0.15, 0.2) is 30.3 Å². The molecule has 0 fully saturated rings. The third kappa shape index (κ3) is 14.2. The van der Waals surface area contributed by atoms with Crippen molar-refractivity contribution in [3.63, 3.8) is 0 Å². The van der Waals surface area contributed by atoms with Crippen LogP contribution in [-0.2, 0) is 35.1 Å². The first kappa shape index (κ1) is 35.4. The molecule has 1 rings (SSSR count). The Hall–Kier alpha value is -2.60. The summed E-state index contributed by atoms with van der Waals surface area (Å²) in [5, 5.41) is 7.90. The molecule has 1 aromatic rings. The first-order valence-electron chi connectivity index (χ1n) is 12.9. The van der Waals surface area contributed by atoms with Crippen LogP contribution in [0.4, 0.5) is 4.79 Å². The van der Waals surface area contributed by atoms with Crippen molar-refractivity contribution in [1.82, 2.24) is 20.3 Å². The molecule has 13 heteroatoms. The van der Waals surface area contributed by atoms with E-state index >= 15 is 0 Å². The van der Waals surface area contributed by atoms with Crippen molar-refractivity contribution in [2.24, 2.45) is 5.92 Å². The van der Waals surface area contributed by atoms with Crippen LogP contribution in [0.2, 0.25) is 0 Å². The number of methoxy groups -OCH3 is 1. The normalized spacial score (nSPS) is 13.5. The summed E-state index contributed by atoms with van der Waals surface area (Å²) in [7, 11) is 1.29. The number of carbonyl (C=O) groups is 5. The van der Waals surface area contributed by atoms with Crippen molar-refractivity contribution in [2.45, 2.75) is 71.2 Å². The van der Waals surface area contributed by atoms with Gasteiger partial charge in [-0.15, -0.1) is 0 Å². The Morgan fingerprint density at radius 1 is 0.975 bits per heavy atom. The van der Waals surface area contributed by atoms with Gasteiger partial charge in [0.1, 0.15) is 0 Å². The molecule has 0 spiro atoms. The Bertz CT molecular complexity index is 989. The summed E-state index contributed by atoms with van der Waals surface area (Å²) in [6, 6.07) is 6.60. The van der Waals surface area contributed by atoms with Crippen molar-refractivity contribution >= 4 is 55.5 Å². The van der Waals surface area contributed by atoms with Crippen molar-refractivity contribution in [3.05, 3.63) is 35.9 Å². The molecule has 0 unspecified atom stereocenters. The fourth-order valence-corrected chi connectivity index (χ4v) is 5.14. The van der Waals surface area contributed by atoms with E-state index in [2.05, 4.69) is 20.3 Å². The number of carbonyl (C=O) groups excluding carboxylic acids is 5. The van der Waals surface area contributed by atoms with Crippen LogP contribution in [0.1, 0.15) is 46.6 Å². The maximum absolute atomic E-state index is 13.3. The van der Waals surface area contributed by atoms with Crippen LogP contribution < -0.4 is 20.3 Å². The summed E-state index contributed by atoms with van der Waals surface area (Å²) >= 11 is 0.812. The second kappa shape index (κ2) is 18.0. The Morgan fingerprint density at radius 2 is 1.62 bits per heavy atom. The number of hydrogen-bond donors (Lipinski definition) is 4. The standard InChI is InChI=1S/C27H42N4O7SSe/c1-17(2)22(24(34)28-16-21(32)40-31-19(13-14-39-7)25(35)37-6)30-23(33)20(15-18-11-9-8-10-12-18)29-26(36)38-27(3,4)5/h8-12,17,19-20,22,31H,13-16H2,1-7H3,(H,28,34)(H,29,36)(H,30,33)/t19-,20-,22-/m0/s1. The van der Waals surface area contributed by atoms with Crippen LogP contribution in [0.5, 0.6) is 0 Å². The third-order valence-electron chi connectivity index (χ3n) is 5.36. The van der Waals surface area contributed by atoms with E-state index in [0.717, 1.165) is 11.3 Å². The number of benzene rings is 1. The van der Waals surface area contributed by atoms with Crippen LogP contribution in [0.25, 0.3) is 0 Å². The first-order chi connectivity index (χ1) is 18.8. The van der Waals surface area contributed by atoms with Gasteiger partial charge in [-0.05, 0) is 20.8 Å². The third-order valence-corrected chi connectivity index (χ3v) is 7.62. The van der Waals surface area contributed by atoms with Crippen LogP contribution >= 0.6 is 11.8 Å². The van der Waals surface area contributed by atoms with E-state index in [-0.39, 0.29) is 23.6 Å². The molecule has 1 aromatic carbocycles. The molecule has 0 bridgehead atoms. The molecule has 0 aromatic heterocycles. The average Bonchev–Trinajstić information content (AvgIpc) is 2.88. The monoisotopic (exact) mass is 646 g/mol. The number of hydrogen-bond acceptors (Lipinski definition) is 9. The molecule has 4 N–H and O–H groups in total. The van der Waals surface area contributed by atoms with Crippen LogP contribution in [0.3, 0.4) is 0 Å². The summed E-state index contributed by atoms with van der Waals surface area (Å²) in [4.78, 5) is 63.1. The summed E-state index contributed by atoms with van der Waals surface area (Å²) < 4.78 is 12.8. The number of nitrogens with one attached hydrogen (secondary N) is 4. The Labute approximate surface area is 247 Å². The number of esters is 1. The van der Waals surface area contributed by atoms with Gasteiger partial charge < -0.3 is 0 Å². The van der Waals surface area contributed by atoms with Gasteiger partial charge in [0.05, 0.1) is 0 Å². The fraction of sp³-hybridized carbons (Fsp3) is 0.593. The van der Waals surface area contributed by atoms with E-state index in [1.807, 2.05) is 36.6 Å². The molecule has 0 radical (unpaired) electrons. The second-order valence-electron chi connectivity index (χ2n) is 10.3. The Morgan fingerprint density at radius 3 is 2.17 bits per heavy atom. The molecular weight excluding hydrogens is 603 g/mol. The summed E-state index contributed by atoms with van der Waals surface area (Å²) in [6.07, 6.45) is 1.86. The molecule has 0 saturated heterocycles. The van der Waals surface area contributed by atoms with Gasteiger partial charge in [-0.1, -0.05) is 6.07 Å². The quantitative estimate of drug-likeness (QED) is 0.155. The van der Waals surface area contributed by atoms with E-state index in [0.29, 0.717) is 6.42 Å². The van der Waals surface area contributed by atoms with Gasteiger partial charge in [0.25, 0.3) is 0 Å². The van der Waals surface area contributed by atoms with Gasteiger partial charge in [-0.3, -0.25) is 0 Å². The average molecular weight is 646 g/mol. The number of alkyl carbamates (subject to hydrolysis) is 1. The number of rotatable bonds is 16. The number of thioether (sulfide) groups is 1. The van der Waals surface area contributed by atoms with Gasteiger partial charge in [0.15, 0.2) is 0 Å². The predicted molar refractivity (Wildman–Crippen MR) is 156 cm³/mol. The zero-order valence-electron chi connectivity index (χ0n) is 24.2. The summed E-state index contributed by atoms with van der Waals surface area (Å²) in [6.45, 7) is 8.42. The summed E-state index contributed by atoms with van der Waals surface area (Å²) in [5.74, 6) is -1.12. The van der Waals surface area contributed by atoms with E-state index in [1.165, 1.54) is 7.11 Å². The van der Waals surface area contributed by atoms with Crippen LogP contribution in [0, 0.1) is 5.92 Å². The van der Waals surface area contributed by atoms with Crippen LogP contribution in [-0.4, -0.2) is 93.1 Å². The molecule has 0 aliphatic heterocycles. The van der Waals surface area contributed by atoms with Gasteiger partial charge in [-0.2, -0.15) is 0 Å². The number of ether oxygens (including phenoxy) is 2. The van der Waals surface area contributed by atoms with E-state index in [1.54, 1.807) is 46.4 Å². The Balaban J connectivity index is 2.83. The van der Waals surface area contributed by atoms with Gasteiger partial charge >= 0.3 is 221 Å². The van der Waals surface area contributed by atoms with E-state index in [9.17, 15) is 24.0 Å². The summed E-state index contributed by atoms with van der Waals surface area (Å²) in [5.41, 5.74) is 0.0554. The molecule has 0 saturated carbocycles. The first-order valence-corrected chi connectivity index (χ1v) is 16.0. The minimum absolute atomic E-state index is 0.183. The molecule has 0 aliphatic rings. The van der Waals surface area contributed by atoms with E-state index < -0.39 is 62.8 Å². The second-order valence-corrected chi connectivity index (χ2v) is 13.1. The maximum atomic E-state index is 13.3. The van der Waals surface area contributed by atoms with Crippen molar-refractivity contribution in [3.8, 4) is 0 Å². The molecule has 0 heterocycles. The molecule has 11 nitrogen and oxygen atoms in total. The Kier molecular flexibility index (Phi) is 15.9. The molecule has 40 heavy (non-hydrogen) atoms. The minimum atomic E-state index is -1.00. The van der Waals surface area contributed by atoms with Crippen molar-refractivity contribution < 1.29 is 33.4 Å². The van der Waals surface area contributed by atoms with Gasteiger partial charge in [0.2, 0.25) is 0 Å². The zero-order valence-corrected chi connectivity index (χ0v) is 26.7. The fourth-order valence-electron chi connectivity index (χ4n) is 3.34. The molecule has 0 aliphatic carbocycles. The van der Waals surface area contributed by atoms with E-state index in [4.69, 9.17) is 9.47 Å².